The van der Waals surface area contributed by atoms with Gasteiger partial charge in [0.25, 0.3) is 5.91 Å². The number of carbonyl (C=O) groups excluding carboxylic acids is 1. The monoisotopic (exact) mass is 405 g/mol. The normalized spacial score (nSPS) is 13.0. The Hall–Kier alpha value is -3.25. The molecule has 1 heterocycles. The lowest BCUT2D eigenvalue weighted by atomic mass is 10.0. The first-order valence-corrected chi connectivity index (χ1v) is 10.1. The average Bonchev–Trinajstić information content (AvgIpc) is 2.75. The van der Waals surface area contributed by atoms with Gasteiger partial charge in [0, 0.05) is 30.2 Å². The minimum Gasteiger partial charge on any atom is -0.481 e. The summed E-state index contributed by atoms with van der Waals surface area (Å²) < 4.78 is 0. The fourth-order valence-corrected chi connectivity index (χ4v) is 3.33. The third-order valence-electron chi connectivity index (χ3n) is 5.16. The lowest BCUT2D eigenvalue weighted by Gasteiger charge is -2.23. The number of rotatable bonds is 9. The Labute approximate surface area is 176 Å². The predicted octanol–water partition coefficient (Wildman–Crippen LogP) is 3.86. The van der Waals surface area contributed by atoms with Gasteiger partial charge in [-0.15, -0.1) is 0 Å². The number of carboxylic acids is 1. The molecule has 0 spiro atoms. The fourth-order valence-electron chi connectivity index (χ4n) is 3.33. The summed E-state index contributed by atoms with van der Waals surface area (Å²) in [5, 5.41) is 17.5. The van der Waals surface area contributed by atoms with Gasteiger partial charge in [0.1, 0.15) is 5.69 Å². The van der Waals surface area contributed by atoms with E-state index in [1.165, 1.54) is 0 Å². The van der Waals surface area contributed by atoms with Crippen molar-refractivity contribution < 1.29 is 14.7 Å². The standard InChI is InChI=1S/C24H27N3O3/c1-3-20(15-26-21(13-23(28)29)17-10-8-16(2)9-11-17)27-24(30)22-12-18-6-4-5-7-19(18)14-25-22/h4-12,14,20-21,26H,3,13,15H2,1-2H3,(H,27,30)(H,28,29)/t20-,21?/m0/s1. The molecule has 1 aromatic heterocycles. The molecule has 3 N–H and O–H groups in total. The zero-order chi connectivity index (χ0) is 21.5. The molecule has 2 atom stereocenters. The zero-order valence-electron chi connectivity index (χ0n) is 17.3. The summed E-state index contributed by atoms with van der Waals surface area (Å²) in [6.45, 7) is 4.44. The van der Waals surface area contributed by atoms with Crippen LogP contribution in [0.4, 0.5) is 0 Å². The van der Waals surface area contributed by atoms with Gasteiger partial charge in [-0.1, -0.05) is 61.0 Å². The van der Waals surface area contributed by atoms with Crippen LogP contribution in [0.15, 0.2) is 60.8 Å². The SMILES string of the molecule is CC[C@@H](CNC(CC(=O)O)c1ccc(C)cc1)NC(=O)c1cc2ccccc2cn1. The van der Waals surface area contributed by atoms with Crippen LogP contribution in [0.5, 0.6) is 0 Å². The van der Waals surface area contributed by atoms with E-state index in [2.05, 4.69) is 15.6 Å². The molecule has 0 fully saturated rings. The molecule has 156 valence electrons. The number of aliphatic carboxylic acids is 1. The van der Waals surface area contributed by atoms with Crippen molar-refractivity contribution >= 4 is 22.6 Å². The Balaban J connectivity index is 1.65. The van der Waals surface area contributed by atoms with E-state index >= 15 is 0 Å². The summed E-state index contributed by atoms with van der Waals surface area (Å²) in [4.78, 5) is 28.3. The van der Waals surface area contributed by atoms with Crippen LogP contribution >= 0.6 is 0 Å². The number of nitrogens with zero attached hydrogens (tertiary/aromatic N) is 1. The highest BCUT2D eigenvalue weighted by atomic mass is 16.4. The Bertz CT molecular complexity index is 1020. The van der Waals surface area contributed by atoms with E-state index in [1.54, 1.807) is 12.3 Å². The van der Waals surface area contributed by atoms with Crippen LogP contribution in [0.2, 0.25) is 0 Å². The van der Waals surface area contributed by atoms with E-state index in [9.17, 15) is 14.7 Å². The quantitative estimate of drug-likeness (QED) is 0.503. The first-order chi connectivity index (χ1) is 14.5. The predicted molar refractivity (Wildman–Crippen MR) is 117 cm³/mol. The molecule has 3 aromatic rings. The number of amides is 1. The van der Waals surface area contributed by atoms with Crippen molar-refractivity contribution in [3.8, 4) is 0 Å². The second-order valence-electron chi connectivity index (χ2n) is 7.46. The highest BCUT2D eigenvalue weighted by Gasteiger charge is 2.19. The van der Waals surface area contributed by atoms with E-state index in [4.69, 9.17) is 0 Å². The van der Waals surface area contributed by atoms with Crippen LogP contribution in [0.3, 0.4) is 0 Å². The first-order valence-electron chi connectivity index (χ1n) is 10.1. The lowest BCUT2D eigenvalue weighted by molar-refractivity contribution is -0.137. The maximum absolute atomic E-state index is 12.7. The zero-order valence-corrected chi connectivity index (χ0v) is 17.3. The topological polar surface area (TPSA) is 91.3 Å². The molecule has 2 aromatic carbocycles. The van der Waals surface area contributed by atoms with Gasteiger partial charge >= 0.3 is 5.97 Å². The molecule has 0 saturated carbocycles. The average molecular weight is 405 g/mol. The van der Waals surface area contributed by atoms with Crippen LogP contribution in [0, 0.1) is 6.92 Å². The molecule has 0 aliphatic rings. The van der Waals surface area contributed by atoms with Gasteiger partial charge in [-0.3, -0.25) is 14.6 Å². The lowest BCUT2D eigenvalue weighted by Crippen LogP contribution is -2.43. The Morgan fingerprint density at radius 1 is 1.07 bits per heavy atom. The number of carboxylic acid groups (broad SMARTS) is 1. The van der Waals surface area contributed by atoms with Gasteiger partial charge in [0.05, 0.1) is 6.42 Å². The van der Waals surface area contributed by atoms with Crippen molar-refractivity contribution in [3.05, 3.63) is 77.6 Å². The van der Waals surface area contributed by atoms with E-state index in [0.29, 0.717) is 18.7 Å². The molecule has 0 aliphatic carbocycles. The minimum atomic E-state index is -0.870. The molecule has 6 heteroatoms. The molecule has 0 saturated heterocycles. The van der Waals surface area contributed by atoms with Gasteiger partial charge in [-0.2, -0.15) is 0 Å². The molecular formula is C24H27N3O3. The van der Waals surface area contributed by atoms with Crippen LogP contribution in [-0.4, -0.2) is 34.6 Å². The van der Waals surface area contributed by atoms with E-state index in [0.717, 1.165) is 21.9 Å². The van der Waals surface area contributed by atoms with Crippen LogP contribution < -0.4 is 10.6 Å². The van der Waals surface area contributed by atoms with Crippen molar-refractivity contribution in [1.82, 2.24) is 15.6 Å². The first kappa shape index (κ1) is 21.5. The Kier molecular flexibility index (Phi) is 7.14. The van der Waals surface area contributed by atoms with Gasteiger partial charge in [-0.05, 0) is 30.4 Å². The summed E-state index contributed by atoms with van der Waals surface area (Å²) in [5.41, 5.74) is 2.41. The number of fused-ring (bicyclic) bond motifs is 1. The van der Waals surface area contributed by atoms with E-state index in [1.807, 2.05) is 62.4 Å². The third-order valence-corrected chi connectivity index (χ3v) is 5.16. The van der Waals surface area contributed by atoms with E-state index < -0.39 is 5.97 Å². The highest BCUT2D eigenvalue weighted by molar-refractivity contribution is 5.96. The Morgan fingerprint density at radius 3 is 2.43 bits per heavy atom. The van der Waals surface area contributed by atoms with Crippen molar-refractivity contribution in [2.45, 2.75) is 38.8 Å². The van der Waals surface area contributed by atoms with Gasteiger partial charge in [0.2, 0.25) is 0 Å². The number of pyridine rings is 1. The fraction of sp³-hybridized carbons (Fsp3) is 0.292. The van der Waals surface area contributed by atoms with Crippen LogP contribution in [0.25, 0.3) is 10.8 Å². The maximum Gasteiger partial charge on any atom is 0.305 e. The molecular weight excluding hydrogens is 378 g/mol. The number of nitrogens with one attached hydrogen (secondary N) is 2. The number of hydrogen-bond acceptors (Lipinski definition) is 4. The summed E-state index contributed by atoms with van der Waals surface area (Å²) in [5.74, 6) is -1.11. The van der Waals surface area contributed by atoms with Gasteiger partial charge < -0.3 is 15.7 Å². The van der Waals surface area contributed by atoms with Crippen molar-refractivity contribution in [3.63, 3.8) is 0 Å². The summed E-state index contributed by atoms with van der Waals surface area (Å²) >= 11 is 0. The molecule has 0 aliphatic heterocycles. The second-order valence-corrected chi connectivity index (χ2v) is 7.46. The second kappa shape index (κ2) is 9.98. The van der Waals surface area contributed by atoms with Gasteiger partial charge in [0.15, 0.2) is 0 Å². The molecule has 1 amide bonds. The smallest absolute Gasteiger partial charge is 0.305 e. The van der Waals surface area contributed by atoms with Crippen molar-refractivity contribution in [2.75, 3.05) is 6.54 Å². The maximum atomic E-state index is 12.7. The molecule has 0 bridgehead atoms. The molecule has 3 rings (SSSR count). The van der Waals surface area contributed by atoms with Gasteiger partial charge in [-0.25, -0.2) is 0 Å². The molecule has 30 heavy (non-hydrogen) atoms. The number of hydrogen-bond donors (Lipinski definition) is 3. The third kappa shape index (κ3) is 5.64. The summed E-state index contributed by atoms with van der Waals surface area (Å²) in [6.07, 6.45) is 2.38. The molecule has 1 unspecified atom stereocenters. The highest BCUT2D eigenvalue weighted by Crippen LogP contribution is 2.18. The Morgan fingerprint density at radius 2 is 1.77 bits per heavy atom. The largest absolute Gasteiger partial charge is 0.481 e. The van der Waals surface area contributed by atoms with Crippen molar-refractivity contribution in [1.29, 1.82) is 0 Å². The summed E-state index contributed by atoms with van der Waals surface area (Å²) in [7, 11) is 0. The van der Waals surface area contributed by atoms with Crippen LogP contribution in [0.1, 0.15) is 47.4 Å². The summed E-state index contributed by atoms with van der Waals surface area (Å²) in [6, 6.07) is 16.9. The molecule has 0 radical (unpaired) electrons. The minimum absolute atomic E-state index is 0.0281. The van der Waals surface area contributed by atoms with E-state index in [-0.39, 0.29) is 24.4 Å². The number of aryl methyl sites for hydroxylation is 1. The molecule has 6 nitrogen and oxygen atoms in total. The van der Waals surface area contributed by atoms with Crippen molar-refractivity contribution in [2.24, 2.45) is 0 Å². The number of benzene rings is 2. The van der Waals surface area contributed by atoms with Crippen LogP contribution in [-0.2, 0) is 4.79 Å². The number of carbonyl (C=O) groups is 2. The number of aromatic nitrogens is 1.